The lowest BCUT2D eigenvalue weighted by atomic mass is 9.84. The lowest BCUT2D eigenvalue weighted by Gasteiger charge is -2.48. The molecule has 1 fully saturated rings. The van der Waals surface area contributed by atoms with E-state index in [9.17, 15) is 9.90 Å². The molecule has 0 radical (unpaired) electrons. The first-order chi connectivity index (χ1) is 8.08. The Kier molecular flexibility index (Phi) is 3.20. The predicted octanol–water partition coefficient (Wildman–Crippen LogP) is 2.34. The molecule has 1 aliphatic rings. The lowest BCUT2D eigenvalue weighted by molar-refractivity contribution is -0.154. The standard InChI is InChI=1S/C14H19NO2/c1-3-14(2,13(16)17)15-9-12(10-15)11-7-5-4-6-8-11/h4-8,12H,3,9-10H2,1-2H3,(H,16,17). The quantitative estimate of drug-likeness (QED) is 0.867. The van der Waals surface area contributed by atoms with Crippen LogP contribution in [0.15, 0.2) is 30.3 Å². The van der Waals surface area contributed by atoms with Gasteiger partial charge in [0.15, 0.2) is 0 Å². The summed E-state index contributed by atoms with van der Waals surface area (Å²) in [6.07, 6.45) is 0.643. The molecule has 0 spiro atoms. The highest BCUT2D eigenvalue weighted by molar-refractivity contribution is 5.78. The molecule has 2 rings (SSSR count). The van der Waals surface area contributed by atoms with Crippen LogP contribution in [0.4, 0.5) is 0 Å². The van der Waals surface area contributed by atoms with Crippen LogP contribution in [-0.4, -0.2) is 34.6 Å². The second kappa shape index (κ2) is 4.49. The molecule has 0 amide bonds. The molecule has 0 aromatic heterocycles. The minimum absolute atomic E-state index is 0.487. The molecule has 1 saturated heterocycles. The summed E-state index contributed by atoms with van der Waals surface area (Å²) in [5.41, 5.74) is 0.609. The van der Waals surface area contributed by atoms with E-state index in [4.69, 9.17) is 0 Å². The van der Waals surface area contributed by atoms with E-state index >= 15 is 0 Å². The molecule has 17 heavy (non-hydrogen) atoms. The van der Waals surface area contributed by atoms with Gasteiger partial charge in [-0.05, 0) is 18.9 Å². The second-order valence-corrected chi connectivity index (χ2v) is 4.95. The second-order valence-electron chi connectivity index (χ2n) is 4.95. The number of carboxylic acids is 1. The van der Waals surface area contributed by atoms with Crippen molar-refractivity contribution in [3.8, 4) is 0 Å². The van der Waals surface area contributed by atoms with Crippen LogP contribution in [0.1, 0.15) is 31.7 Å². The maximum absolute atomic E-state index is 11.3. The van der Waals surface area contributed by atoms with Crippen molar-refractivity contribution < 1.29 is 9.90 Å². The van der Waals surface area contributed by atoms with E-state index in [1.54, 1.807) is 0 Å². The normalized spacial score (nSPS) is 20.6. The minimum atomic E-state index is -0.716. The third-order valence-electron chi connectivity index (χ3n) is 4.00. The summed E-state index contributed by atoms with van der Waals surface area (Å²) < 4.78 is 0. The predicted molar refractivity (Wildman–Crippen MR) is 67.1 cm³/mol. The number of nitrogens with zero attached hydrogens (tertiary/aromatic N) is 1. The fourth-order valence-electron chi connectivity index (χ4n) is 2.33. The van der Waals surface area contributed by atoms with E-state index in [1.165, 1.54) is 5.56 Å². The molecule has 3 heteroatoms. The highest BCUT2D eigenvalue weighted by atomic mass is 16.4. The van der Waals surface area contributed by atoms with E-state index < -0.39 is 11.5 Å². The van der Waals surface area contributed by atoms with Gasteiger partial charge in [-0.2, -0.15) is 0 Å². The van der Waals surface area contributed by atoms with Crippen LogP contribution < -0.4 is 0 Å². The Bertz CT molecular complexity index is 398. The Hall–Kier alpha value is -1.35. The summed E-state index contributed by atoms with van der Waals surface area (Å²) >= 11 is 0. The van der Waals surface area contributed by atoms with Crippen molar-refractivity contribution in [2.45, 2.75) is 31.7 Å². The van der Waals surface area contributed by atoms with Crippen LogP contribution >= 0.6 is 0 Å². The maximum Gasteiger partial charge on any atom is 0.323 e. The van der Waals surface area contributed by atoms with Gasteiger partial charge in [-0.25, -0.2) is 0 Å². The number of carboxylic acid groups (broad SMARTS) is 1. The Labute approximate surface area is 102 Å². The van der Waals surface area contributed by atoms with Crippen molar-refractivity contribution in [1.82, 2.24) is 4.90 Å². The van der Waals surface area contributed by atoms with Gasteiger partial charge in [0, 0.05) is 19.0 Å². The van der Waals surface area contributed by atoms with Crippen LogP contribution in [0.3, 0.4) is 0 Å². The molecule has 0 bridgehead atoms. The maximum atomic E-state index is 11.3. The van der Waals surface area contributed by atoms with Crippen molar-refractivity contribution in [2.24, 2.45) is 0 Å². The first kappa shape index (κ1) is 12.1. The summed E-state index contributed by atoms with van der Waals surface area (Å²) in [5, 5.41) is 9.28. The Morgan fingerprint density at radius 3 is 2.47 bits per heavy atom. The molecule has 1 N–H and O–H groups in total. The topological polar surface area (TPSA) is 40.5 Å². The molecule has 1 aromatic carbocycles. The monoisotopic (exact) mass is 233 g/mol. The number of hydrogen-bond acceptors (Lipinski definition) is 2. The zero-order valence-electron chi connectivity index (χ0n) is 10.4. The first-order valence-corrected chi connectivity index (χ1v) is 6.11. The molecule has 1 aromatic rings. The molecule has 0 saturated carbocycles. The molecule has 92 valence electrons. The molecule has 1 heterocycles. The molecule has 1 aliphatic heterocycles. The Balaban J connectivity index is 2.01. The van der Waals surface area contributed by atoms with Gasteiger partial charge in [0.2, 0.25) is 0 Å². The van der Waals surface area contributed by atoms with Crippen LogP contribution in [0.5, 0.6) is 0 Å². The minimum Gasteiger partial charge on any atom is -0.480 e. The number of hydrogen-bond donors (Lipinski definition) is 1. The fraction of sp³-hybridized carbons (Fsp3) is 0.500. The van der Waals surface area contributed by atoms with E-state index in [0.29, 0.717) is 12.3 Å². The van der Waals surface area contributed by atoms with E-state index in [0.717, 1.165) is 13.1 Å². The summed E-state index contributed by atoms with van der Waals surface area (Å²) in [6, 6.07) is 10.3. The molecule has 0 aliphatic carbocycles. The van der Waals surface area contributed by atoms with Gasteiger partial charge in [-0.3, -0.25) is 9.69 Å². The Morgan fingerprint density at radius 1 is 1.41 bits per heavy atom. The van der Waals surface area contributed by atoms with Crippen LogP contribution in [-0.2, 0) is 4.79 Å². The van der Waals surface area contributed by atoms with Gasteiger partial charge in [0.05, 0.1) is 0 Å². The molecule has 1 atom stereocenters. The number of aliphatic carboxylic acids is 1. The number of rotatable bonds is 4. The van der Waals surface area contributed by atoms with E-state index in [-0.39, 0.29) is 0 Å². The highest BCUT2D eigenvalue weighted by Gasteiger charge is 2.44. The summed E-state index contributed by atoms with van der Waals surface area (Å²) in [5.74, 6) is -0.229. The van der Waals surface area contributed by atoms with Gasteiger partial charge in [0.25, 0.3) is 0 Å². The average molecular weight is 233 g/mol. The van der Waals surface area contributed by atoms with Crippen molar-refractivity contribution in [2.75, 3.05) is 13.1 Å². The van der Waals surface area contributed by atoms with Crippen molar-refractivity contribution in [3.05, 3.63) is 35.9 Å². The van der Waals surface area contributed by atoms with E-state index in [1.807, 2.05) is 32.0 Å². The van der Waals surface area contributed by atoms with Gasteiger partial charge in [-0.15, -0.1) is 0 Å². The zero-order valence-corrected chi connectivity index (χ0v) is 10.4. The third-order valence-corrected chi connectivity index (χ3v) is 4.00. The smallest absolute Gasteiger partial charge is 0.323 e. The van der Waals surface area contributed by atoms with Crippen LogP contribution in [0.25, 0.3) is 0 Å². The summed E-state index contributed by atoms with van der Waals surface area (Å²) in [7, 11) is 0. The van der Waals surface area contributed by atoms with Gasteiger partial charge in [0.1, 0.15) is 5.54 Å². The van der Waals surface area contributed by atoms with Gasteiger partial charge >= 0.3 is 5.97 Å². The van der Waals surface area contributed by atoms with Crippen LogP contribution in [0.2, 0.25) is 0 Å². The SMILES string of the molecule is CCC(C)(C(=O)O)N1CC(c2ccccc2)C1. The molecule has 1 unspecified atom stereocenters. The number of carbonyl (C=O) groups is 1. The van der Waals surface area contributed by atoms with Crippen LogP contribution in [0, 0.1) is 0 Å². The average Bonchev–Trinajstić information content (AvgIpc) is 2.28. The summed E-state index contributed by atoms with van der Waals surface area (Å²) in [4.78, 5) is 13.4. The van der Waals surface area contributed by atoms with Gasteiger partial charge in [-0.1, -0.05) is 37.3 Å². The Morgan fingerprint density at radius 2 is 2.00 bits per heavy atom. The lowest BCUT2D eigenvalue weighted by Crippen LogP contribution is -2.60. The number of benzene rings is 1. The highest BCUT2D eigenvalue weighted by Crippen LogP contribution is 2.34. The third kappa shape index (κ3) is 2.07. The van der Waals surface area contributed by atoms with Crippen molar-refractivity contribution in [1.29, 1.82) is 0 Å². The first-order valence-electron chi connectivity index (χ1n) is 6.11. The van der Waals surface area contributed by atoms with Crippen molar-refractivity contribution in [3.63, 3.8) is 0 Å². The molecular formula is C14H19NO2. The molecule has 3 nitrogen and oxygen atoms in total. The van der Waals surface area contributed by atoms with Crippen molar-refractivity contribution >= 4 is 5.97 Å². The fourth-order valence-corrected chi connectivity index (χ4v) is 2.33. The van der Waals surface area contributed by atoms with E-state index in [2.05, 4.69) is 17.0 Å². The molecular weight excluding hydrogens is 214 g/mol. The summed E-state index contributed by atoms with van der Waals surface area (Å²) in [6.45, 7) is 5.45. The zero-order chi connectivity index (χ0) is 12.5. The number of likely N-dealkylation sites (tertiary alicyclic amines) is 1. The largest absolute Gasteiger partial charge is 0.480 e. The van der Waals surface area contributed by atoms with Gasteiger partial charge < -0.3 is 5.11 Å².